The maximum Gasteiger partial charge on any atom is 0.257 e. The van der Waals surface area contributed by atoms with E-state index in [0.717, 1.165) is 42.0 Å². The first-order valence-electron chi connectivity index (χ1n) is 13.7. The SMILES string of the molecule is CCCCN(CC)CCCCCCON=C(C)/C=C1/C(=O)N(c2ccc(OC)cc2)C1c1ccccc1. The number of β-lactam (4-membered cyclic amide) rings is 1. The molecule has 1 fully saturated rings. The lowest BCUT2D eigenvalue weighted by atomic mass is 9.86. The molecule has 0 radical (unpaired) electrons. The average Bonchev–Trinajstić information content (AvgIpc) is 2.93. The van der Waals surface area contributed by atoms with Crippen LogP contribution in [0, 0.1) is 0 Å². The van der Waals surface area contributed by atoms with Gasteiger partial charge >= 0.3 is 0 Å². The van der Waals surface area contributed by atoms with E-state index in [0.29, 0.717) is 12.3 Å². The lowest BCUT2D eigenvalue weighted by molar-refractivity contribution is -0.119. The second kappa shape index (κ2) is 15.2. The summed E-state index contributed by atoms with van der Waals surface area (Å²) in [7, 11) is 1.64. The van der Waals surface area contributed by atoms with Crippen molar-refractivity contribution < 1.29 is 14.4 Å². The van der Waals surface area contributed by atoms with E-state index in [2.05, 4.69) is 23.9 Å². The van der Waals surface area contributed by atoms with E-state index >= 15 is 0 Å². The van der Waals surface area contributed by atoms with E-state index in [4.69, 9.17) is 9.57 Å². The Morgan fingerprint density at radius 3 is 2.35 bits per heavy atom. The molecule has 3 rings (SSSR count). The highest BCUT2D eigenvalue weighted by molar-refractivity contribution is 6.18. The van der Waals surface area contributed by atoms with E-state index in [-0.39, 0.29) is 11.9 Å². The zero-order chi connectivity index (χ0) is 26.5. The molecular formula is C31H43N3O3. The van der Waals surface area contributed by atoms with Gasteiger partial charge in [-0.15, -0.1) is 0 Å². The van der Waals surface area contributed by atoms with E-state index in [1.807, 2.05) is 72.5 Å². The van der Waals surface area contributed by atoms with Crippen molar-refractivity contribution >= 4 is 17.3 Å². The van der Waals surface area contributed by atoms with Crippen LogP contribution in [0.15, 0.2) is 71.4 Å². The Hall–Kier alpha value is -3.12. The first-order valence-corrected chi connectivity index (χ1v) is 13.7. The van der Waals surface area contributed by atoms with Crippen LogP contribution in [0.4, 0.5) is 5.69 Å². The van der Waals surface area contributed by atoms with Crippen molar-refractivity contribution in [3.05, 3.63) is 71.8 Å². The molecule has 1 aliphatic rings. The van der Waals surface area contributed by atoms with Crippen LogP contribution < -0.4 is 9.64 Å². The minimum absolute atomic E-state index is 0.0198. The van der Waals surface area contributed by atoms with Crippen LogP contribution in [0.3, 0.4) is 0 Å². The van der Waals surface area contributed by atoms with Crippen LogP contribution >= 0.6 is 0 Å². The number of benzene rings is 2. The third-order valence-electron chi connectivity index (χ3n) is 6.79. The summed E-state index contributed by atoms with van der Waals surface area (Å²) in [6.45, 7) is 10.5. The van der Waals surface area contributed by atoms with Crippen molar-refractivity contribution in [2.45, 2.75) is 65.3 Å². The summed E-state index contributed by atoms with van der Waals surface area (Å²) in [4.78, 5) is 23.1. The minimum atomic E-state index is -0.160. The summed E-state index contributed by atoms with van der Waals surface area (Å²) in [5.74, 6) is 0.743. The molecule has 1 heterocycles. The number of oxime groups is 1. The first-order chi connectivity index (χ1) is 18.1. The fraction of sp³-hybridized carbons (Fsp3) is 0.484. The van der Waals surface area contributed by atoms with Gasteiger partial charge in [0.15, 0.2) is 0 Å². The van der Waals surface area contributed by atoms with E-state index in [9.17, 15) is 4.79 Å². The Morgan fingerprint density at radius 1 is 0.973 bits per heavy atom. The minimum Gasteiger partial charge on any atom is -0.497 e. The molecule has 2 aromatic rings. The average molecular weight is 506 g/mol. The monoisotopic (exact) mass is 505 g/mol. The molecule has 1 amide bonds. The number of anilines is 1. The van der Waals surface area contributed by atoms with Crippen molar-refractivity contribution in [2.24, 2.45) is 5.16 Å². The van der Waals surface area contributed by atoms with Gasteiger partial charge in [0.25, 0.3) is 5.91 Å². The number of carbonyl (C=O) groups is 1. The summed E-state index contributed by atoms with van der Waals surface area (Å²) >= 11 is 0. The Kier molecular flexibility index (Phi) is 11.7. The van der Waals surface area contributed by atoms with Crippen LogP contribution in [0.25, 0.3) is 0 Å². The molecule has 1 atom stereocenters. The number of hydrogen-bond donors (Lipinski definition) is 0. The number of unbranched alkanes of at least 4 members (excludes halogenated alkanes) is 4. The summed E-state index contributed by atoms with van der Waals surface area (Å²) < 4.78 is 5.27. The Bertz CT molecular complexity index is 1020. The molecule has 200 valence electrons. The molecule has 0 spiro atoms. The number of amides is 1. The van der Waals surface area contributed by atoms with Gasteiger partial charge in [-0.1, -0.05) is 62.2 Å². The van der Waals surface area contributed by atoms with Crippen LogP contribution in [0.5, 0.6) is 5.75 Å². The molecule has 0 N–H and O–H groups in total. The quantitative estimate of drug-likeness (QED) is 0.0829. The largest absolute Gasteiger partial charge is 0.497 e. The molecular weight excluding hydrogens is 462 g/mol. The van der Waals surface area contributed by atoms with Crippen LogP contribution in [0.1, 0.15) is 70.9 Å². The van der Waals surface area contributed by atoms with E-state index in [1.54, 1.807) is 7.11 Å². The molecule has 2 aromatic carbocycles. The van der Waals surface area contributed by atoms with Gasteiger partial charge in [0, 0.05) is 11.3 Å². The standard InChI is InChI=1S/C31H43N3O3/c1-5-7-21-33(6-2)22-13-8-9-14-23-37-32-25(3)24-29-30(26-15-11-10-12-16-26)34(31(29)35)27-17-19-28(36-4)20-18-27/h10-12,15-20,24,30H,5-9,13-14,21-23H2,1-4H3/b29-24+,32-25?. The lowest BCUT2D eigenvalue weighted by Crippen LogP contribution is -2.49. The van der Waals surface area contributed by atoms with Gasteiger partial charge in [-0.05, 0) is 88.1 Å². The smallest absolute Gasteiger partial charge is 0.257 e. The van der Waals surface area contributed by atoms with Crippen molar-refractivity contribution in [2.75, 3.05) is 38.3 Å². The maximum atomic E-state index is 13.2. The van der Waals surface area contributed by atoms with Crippen LogP contribution in [-0.2, 0) is 9.63 Å². The van der Waals surface area contributed by atoms with Gasteiger partial charge in [-0.25, -0.2) is 0 Å². The summed E-state index contributed by atoms with van der Waals surface area (Å²) in [6, 6.07) is 17.5. The number of rotatable bonds is 16. The lowest BCUT2D eigenvalue weighted by Gasteiger charge is -2.43. The number of carbonyl (C=O) groups excluding carboxylic acids is 1. The molecule has 0 aliphatic carbocycles. The topological polar surface area (TPSA) is 54.4 Å². The summed E-state index contributed by atoms with van der Waals surface area (Å²) in [5.41, 5.74) is 3.33. The number of allylic oxidation sites excluding steroid dienone is 1. The highest BCUT2D eigenvalue weighted by atomic mass is 16.6. The van der Waals surface area contributed by atoms with Gasteiger partial charge < -0.3 is 14.5 Å². The number of ether oxygens (including phenoxy) is 1. The second-order valence-corrected chi connectivity index (χ2v) is 9.55. The van der Waals surface area contributed by atoms with Gasteiger partial charge in [0.2, 0.25) is 0 Å². The van der Waals surface area contributed by atoms with Crippen LogP contribution in [-0.4, -0.2) is 49.9 Å². The van der Waals surface area contributed by atoms with Gasteiger partial charge in [-0.2, -0.15) is 0 Å². The van der Waals surface area contributed by atoms with Crippen molar-refractivity contribution in [3.63, 3.8) is 0 Å². The Balaban J connectivity index is 1.52. The fourth-order valence-corrected chi connectivity index (χ4v) is 4.62. The predicted octanol–water partition coefficient (Wildman–Crippen LogP) is 6.78. The predicted molar refractivity (Wildman–Crippen MR) is 152 cm³/mol. The third kappa shape index (κ3) is 8.19. The maximum absolute atomic E-state index is 13.2. The Morgan fingerprint density at radius 2 is 1.68 bits per heavy atom. The van der Waals surface area contributed by atoms with Crippen molar-refractivity contribution in [3.8, 4) is 5.75 Å². The molecule has 1 saturated heterocycles. The van der Waals surface area contributed by atoms with Crippen LogP contribution in [0.2, 0.25) is 0 Å². The summed E-state index contributed by atoms with van der Waals surface area (Å²) in [6.07, 6.45) is 8.99. The van der Waals surface area contributed by atoms with E-state index in [1.165, 1.54) is 38.8 Å². The molecule has 6 heteroatoms. The van der Waals surface area contributed by atoms with Crippen molar-refractivity contribution in [1.29, 1.82) is 0 Å². The highest BCUT2D eigenvalue weighted by Gasteiger charge is 2.43. The molecule has 0 bridgehead atoms. The first kappa shape index (κ1) is 28.5. The highest BCUT2D eigenvalue weighted by Crippen LogP contribution is 2.43. The number of methoxy groups -OCH3 is 1. The fourth-order valence-electron chi connectivity index (χ4n) is 4.62. The normalized spacial score (nSPS) is 16.8. The molecule has 1 aliphatic heterocycles. The molecule has 1 unspecified atom stereocenters. The Labute approximate surface area is 222 Å². The second-order valence-electron chi connectivity index (χ2n) is 9.55. The zero-order valence-electron chi connectivity index (χ0n) is 23.0. The molecule has 0 aromatic heterocycles. The molecule has 6 nitrogen and oxygen atoms in total. The number of nitrogens with zero attached hydrogens (tertiary/aromatic N) is 3. The number of hydrogen-bond acceptors (Lipinski definition) is 5. The zero-order valence-corrected chi connectivity index (χ0v) is 23.0. The van der Waals surface area contributed by atoms with Gasteiger partial charge in [0.05, 0.1) is 18.9 Å². The third-order valence-corrected chi connectivity index (χ3v) is 6.79. The van der Waals surface area contributed by atoms with Gasteiger partial charge in [0.1, 0.15) is 12.4 Å². The van der Waals surface area contributed by atoms with Crippen molar-refractivity contribution in [1.82, 2.24) is 4.90 Å². The molecule has 37 heavy (non-hydrogen) atoms. The summed E-state index contributed by atoms with van der Waals surface area (Å²) in [5, 5.41) is 4.27. The van der Waals surface area contributed by atoms with Gasteiger partial charge in [-0.3, -0.25) is 9.69 Å². The van der Waals surface area contributed by atoms with E-state index < -0.39 is 0 Å². The molecule has 0 saturated carbocycles.